The first-order valence-electron chi connectivity index (χ1n) is 7.44. The minimum atomic E-state index is -0.165. The van der Waals surface area contributed by atoms with Crippen LogP contribution < -0.4 is 10.5 Å². The van der Waals surface area contributed by atoms with Crippen LogP contribution in [0.5, 0.6) is 5.75 Å². The highest BCUT2D eigenvalue weighted by atomic mass is 16.5. The standard InChI is InChI=1S/C19H25NO/c1-12(2)15-6-8-16(9-7-15)19(20)18-14(4)10-13(3)11-17(18)21-5/h6-12,19H,20H2,1-5H3. The van der Waals surface area contributed by atoms with E-state index in [1.165, 1.54) is 16.7 Å². The lowest BCUT2D eigenvalue weighted by Gasteiger charge is -2.20. The third-order valence-corrected chi connectivity index (χ3v) is 3.99. The van der Waals surface area contributed by atoms with Crippen LogP contribution in [0.3, 0.4) is 0 Å². The molecule has 0 saturated carbocycles. The van der Waals surface area contributed by atoms with Crippen molar-refractivity contribution in [1.29, 1.82) is 0 Å². The summed E-state index contributed by atoms with van der Waals surface area (Å²) in [4.78, 5) is 0. The largest absolute Gasteiger partial charge is 0.496 e. The summed E-state index contributed by atoms with van der Waals surface area (Å²) >= 11 is 0. The number of rotatable bonds is 4. The van der Waals surface area contributed by atoms with Gasteiger partial charge in [-0.25, -0.2) is 0 Å². The smallest absolute Gasteiger partial charge is 0.124 e. The van der Waals surface area contributed by atoms with E-state index in [-0.39, 0.29) is 6.04 Å². The molecule has 0 bridgehead atoms. The molecule has 0 saturated heterocycles. The molecule has 0 radical (unpaired) electrons. The maximum Gasteiger partial charge on any atom is 0.124 e. The molecule has 112 valence electrons. The Bertz CT molecular complexity index is 614. The highest BCUT2D eigenvalue weighted by molar-refractivity contribution is 5.48. The van der Waals surface area contributed by atoms with Gasteiger partial charge in [0.05, 0.1) is 13.2 Å². The van der Waals surface area contributed by atoms with Crippen molar-refractivity contribution in [2.75, 3.05) is 7.11 Å². The molecule has 0 aliphatic carbocycles. The van der Waals surface area contributed by atoms with Crippen molar-refractivity contribution in [1.82, 2.24) is 0 Å². The molecule has 2 heteroatoms. The van der Waals surface area contributed by atoms with Crippen molar-refractivity contribution in [2.45, 2.75) is 39.7 Å². The molecule has 0 aliphatic rings. The summed E-state index contributed by atoms with van der Waals surface area (Å²) in [5.41, 5.74) is 12.4. The molecule has 2 aromatic carbocycles. The van der Waals surface area contributed by atoms with Gasteiger partial charge >= 0.3 is 0 Å². The SMILES string of the molecule is COc1cc(C)cc(C)c1C(N)c1ccc(C(C)C)cc1. The summed E-state index contributed by atoms with van der Waals surface area (Å²) in [6.07, 6.45) is 0. The Balaban J connectivity index is 2.42. The number of hydrogen-bond acceptors (Lipinski definition) is 2. The van der Waals surface area contributed by atoms with Crippen molar-refractivity contribution < 1.29 is 4.74 Å². The zero-order valence-corrected chi connectivity index (χ0v) is 13.6. The Morgan fingerprint density at radius 1 is 0.952 bits per heavy atom. The van der Waals surface area contributed by atoms with Crippen LogP contribution in [-0.2, 0) is 0 Å². The van der Waals surface area contributed by atoms with Crippen LogP contribution in [0.2, 0.25) is 0 Å². The Hall–Kier alpha value is -1.80. The second kappa shape index (κ2) is 6.31. The predicted octanol–water partition coefficient (Wildman–Crippen LogP) is 4.48. The van der Waals surface area contributed by atoms with E-state index in [1.54, 1.807) is 7.11 Å². The minimum Gasteiger partial charge on any atom is -0.496 e. The van der Waals surface area contributed by atoms with Crippen LogP contribution in [-0.4, -0.2) is 7.11 Å². The number of aryl methyl sites for hydroxylation is 2. The normalized spacial score (nSPS) is 12.5. The first-order chi connectivity index (χ1) is 9.93. The van der Waals surface area contributed by atoms with Crippen LogP contribution in [0, 0.1) is 13.8 Å². The predicted molar refractivity (Wildman–Crippen MR) is 89.0 cm³/mol. The fraction of sp³-hybridized carbons (Fsp3) is 0.368. The summed E-state index contributed by atoms with van der Waals surface area (Å²) in [6, 6.07) is 12.6. The third kappa shape index (κ3) is 3.27. The molecule has 1 unspecified atom stereocenters. The van der Waals surface area contributed by atoms with Gasteiger partial charge in [-0.3, -0.25) is 0 Å². The molecule has 0 aromatic heterocycles. The number of hydrogen-bond donors (Lipinski definition) is 1. The molecular formula is C19H25NO. The molecule has 1 atom stereocenters. The Morgan fingerprint density at radius 2 is 1.52 bits per heavy atom. The zero-order valence-electron chi connectivity index (χ0n) is 13.6. The fourth-order valence-electron chi connectivity index (χ4n) is 2.76. The van der Waals surface area contributed by atoms with Crippen molar-refractivity contribution in [3.05, 3.63) is 64.2 Å². The summed E-state index contributed by atoms with van der Waals surface area (Å²) in [5, 5.41) is 0. The Labute approximate surface area is 127 Å². The van der Waals surface area contributed by atoms with E-state index in [4.69, 9.17) is 10.5 Å². The van der Waals surface area contributed by atoms with Crippen LogP contribution >= 0.6 is 0 Å². The van der Waals surface area contributed by atoms with Gasteiger partial charge in [-0.15, -0.1) is 0 Å². The second-order valence-corrected chi connectivity index (χ2v) is 6.00. The van der Waals surface area contributed by atoms with Gasteiger partial charge in [0.25, 0.3) is 0 Å². The van der Waals surface area contributed by atoms with Gasteiger partial charge in [0, 0.05) is 5.56 Å². The van der Waals surface area contributed by atoms with Gasteiger partial charge < -0.3 is 10.5 Å². The number of nitrogens with two attached hydrogens (primary N) is 1. The third-order valence-electron chi connectivity index (χ3n) is 3.99. The van der Waals surface area contributed by atoms with Gasteiger partial charge in [-0.05, 0) is 48.1 Å². The minimum absolute atomic E-state index is 0.165. The lowest BCUT2D eigenvalue weighted by atomic mass is 9.92. The maximum absolute atomic E-state index is 6.49. The lowest BCUT2D eigenvalue weighted by Crippen LogP contribution is -2.15. The number of methoxy groups -OCH3 is 1. The van der Waals surface area contributed by atoms with Crippen molar-refractivity contribution >= 4 is 0 Å². The van der Waals surface area contributed by atoms with E-state index in [9.17, 15) is 0 Å². The molecule has 0 spiro atoms. The van der Waals surface area contributed by atoms with E-state index in [0.717, 1.165) is 16.9 Å². The molecular weight excluding hydrogens is 258 g/mol. The molecule has 2 rings (SSSR count). The summed E-state index contributed by atoms with van der Waals surface area (Å²) in [5.74, 6) is 1.40. The van der Waals surface area contributed by atoms with Crippen molar-refractivity contribution in [3.63, 3.8) is 0 Å². The molecule has 0 fully saturated rings. The van der Waals surface area contributed by atoms with E-state index in [2.05, 4.69) is 58.0 Å². The highest BCUT2D eigenvalue weighted by Gasteiger charge is 2.17. The molecule has 0 aliphatic heterocycles. The van der Waals surface area contributed by atoms with E-state index < -0.39 is 0 Å². The van der Waals surface area contributed by atoms with Crippen molar-refractivity contribution in [3.8, 4) is 5.75 Å². The van der Waals surface area contributed by atoms with Gasteiger partial charge in [0.15, 0.2) is 0 Å². The lowest BCUT2D eigenvalue weighted by molar-refractivity contribution is 0.407. The summed E-state index contributed by atoms with van der Waals surface area (Å²) in [7, 11) is 1.70. The first kappa shape index (κ1) is 15.6. The monoisotopic (exact) mass is 283 g/mol. The van der Waals surface area contributed by atoms with Gasteiger partial charge in [0.2, 0.25) is 0 Å². The zero-order chi connectivity index (χ0) is 15.6. The van der Waals surface area contributed by atoms with Crippen molar-refractivity contribution in [2.24, 2.45) is 5.73 Å². The molecule has 2 N–H and O–H groups in total. The second-order valence-electron chi connectivity index (χ2n) is 6.00. The van der Waals surface area contributed by atoms with Gasteiger partial charge in [-0.2, -0.15) is 0 Å². The molecule has 2 nitrogen and oxygen atoms in total. The van der Waals surface area contributed by atoms with Gasteiger partial charge in [-0.1, -0.05) is 44.2 Å². The summed E-state index contributed by atoms with van der Waals surface area (Å²) < 4.78 is 5.53. The van der Waals surface area contributed by atoms with Crippen LogP contribution in [0.15, 0.2) is 36.4 Å². The van der Waals surface area contributed by atoms with E-state index in [1.807, 2.05) is 6.07 Å². The molecule has 0 amide bonds. The number of benzene rings is 2. The van der Waals surface area contributed by atoms with Gasteiger partial charge in [0.1, 0.15) is 5.75 Å². The molecule has 2 aromatic rings. The quantitative estimate of drug-likeness (QED) is 0.897. The summed E-state index contributed by atoms with van der Waals surface area (Å²) in [6.45, 7) is 8.56. The van der Waals surface area contributed by atoms with Crippen LogP contribution in [0.1, 0.15) is 53.6 Å². The van der Waals surface area contributed by atoms with E-state index >= 15 is 0 Å². The average molecular weight is 283 g/mol. The fourth-order valence-corrected chi connectivity index (χ4v) is 2.76. The molecule has 21 heavy (non-hydrogen) atoms. The topological polar surface area (TPSA) is 35.2 Å². The first-order valence-corrected chi connectivity index (χ1v) is 7.44. The highest BCUT2D eigenvalue weighted by Crippen LogP contribution is 2.32. The Morgan fingerprint density at radius 3 is 2.05 bits per heavy atom. The van der Waals surface area contributed by atoms with E-state index in [0.29, 0.717) is 5.92 Å². The molecule has 0 heterocycles. The van der Waals surface area contributed by atoms with Crippen LogP contribution in [0.4, 0.5) is 0 Å². The Kier molecular flexibility index (Phi) is 4.69. The average Bonchev–Trinajstić information content (AvgIpc) is 2.45. The maximum atomic E-state index is 6.49. The van der Waals surface area contributed by atoms with Crippen LogP contribution in [0.25, 0.3) is 0 Å². The number of ether oxygens (including phenoxy) is 1.